The first-order valence-electron chi connectivity index (χ1n) is 13.9. The van der Waals surface area contributed by atoms with Crippen LogP contribution in [0.3, 0.4) is 0 Å². The molecule has 2 aliphatic heterocycles. The van der Waals surface area contributed by atoms with Gasteiger partial charge in [-0.1, -0.05) is 24.8 Å². The van der Waals surface area contributed by atoms with Crippen molar-refractivity contribution in [3.8, 4) is 23.2 Å². The van der Waals surface area contributed by atoms with E-state index in [0.717, 1.165) is 30.7 Å². The fraction of sp³-hybridized carbons (Fsp3) is 0.355. The molecule has 2 fully saturated rings. The molecule has 2 aliphatic rings. The number of ether oxygens (including phenoxy) is 1. The van der Waals surface area contributed by atoms with Crippen molar-refractivity contribution in [1.82, 2.24) is 19.8 Å². The van der Waals surface area contributed by atoms with Crippen molar-refractivity contribution in [2.45, 2.75) is 31.3 Å². The minimum Gasteiger partial charge on any atom is -0.462 e. The van der Waals surface area contributed by atoms with Gasteiger partial charge in [-0.15, -0.1) is 11.3 Å². The van der Waals surface area contributed by atoms with Crippen LogP contribution in [0.5, 0.6) is 6.01 Å². The molecule has 6 rings (SSSR count). The fourth-order valence-electron chi connectivity index (χ4n) is 5.96. The lowest BCUT2D eigenvalue weighted by molar-refractivity contribution is -0.128. The quantitative estimate of drug-likeness (QED) is 0.268. The van der Waals surface area contributed by atoms with Crippen molar-refractivity contribution < 1.29 is 18.3 Å². The summed E-state index contributed by atoms with van der Waals surface area (Å²) in [5.74, 6) is -0.236. The van der Waals surface area contributed by atoms with Gasteiger partial charge in [-0.25, -0.2) is 4.39 Å². The zero-order valence-corrected chi connectivity index (χ0v) is 24.0. The van der Waals surface area contributed by atoms with Crippen LogP contribution in [0.4, 0.5) is 14.6 Å². The molecule has 0 spiro atoms. The predicted octanol–water partition coefficient (Wildman–Crippen LogP) is 5.38. The smallest absolute Gasteiger partial charge is 0.319 e. The maximum Gasteiger partial charge on any atom is 0.319 e. The zero-order valence-electron chi connectivity index (χ0n) is 23.2. The number of thiophene rings is 1. The number of likely N-dealkylation sites (tertiary alicyclic amines) is 1. The highest BCUT2D eigenvalue weighted by Crippen LogP contribution is 2.38. The second-order valence-electron chi connectivity index (χ2n) is 10.7. The predicted molar refractivity (Wildman–Crippen MR) is 160 cm³/mol. The highest BCUT2D eigenvalue weighted by molar-refractivity contribution is 7.18. The Hall–Kier alpha value is -4.14. The van der Waals surface area contributed by atoms with Crippen LogP contribution in [0.1, 0.15) is 19.3 Å². The molecule has 0 bridgehead atoms. The van der Waals surface area contributed by atoms with Crippen molar-refractivity contribution in [2.24, 2.45) is 0 Å². The first kappa shape index (κ1) is 28.0. The molecule has 4 heterocycles. The number of anilines is 1. The summed E-state index contributed by atoms with van der Waals surface area (Å²) in [5.41, 5.74) is 1.38. The monoisotopic (exact) mass is 588 g/mol. The number of rotatable bonds is 7. The van der Waals surface area contributed by atoms with Crippen LogP contribution in [0.15, 0.2) is 49.1 Å². The molecule has 1 amide bonds. The molecule has 4 aromatic rings. The molecule has 0 N–H and O–H groups in total. The van der Waals surface area contributed by atoms with Gasteiger partial charge in [-0.3, -0.25) is 4.79 Å². The third kappa shape index (κ3) is 5.28. The van der Waals surface area contributed by atoms with Crippen LogP contribution >= 0.6 is 11.3 Å². The van der Waals surface area contributed by atoms with Gasteiger partial charge >= 0.3 is 6.01 Å². The first-order chi connectivity index (χ1) is 20.4. The van der Waals surface area contributed by atoms with E-state index in [4.69, 9.17) is 14.7 Å². The summed E-state index contributed by atoms with van der Waals surface area (Å²) in [6.45, 7) is 6.13. The topological polar surface area (TPSA) is 85.6 Å². The van der Waals surface area contributed by atoms with E-state index in [2.05, 4.69) is 24.6 Å². The molecular formula is C31H30F2N6O2S. The van der Waals surface area contributed by atoms with E-state index in [1.54, 1.807) is 29.2 Å². The van der Waals surface area contributed by atoms with Crippen molar-refractivity contribution in [3.05, 3.63) is 60.0 Å². The van der Waals surface area contributed by atoms with Gasteiger partial charge in [-0.2, -0.15) is 19.6 Å². The van der Waals surface area contributed by atoms with Gasteiger partial charge in [0, 0.05) is 46.9 Å². The van der Waals surface area contributed by atoms with Crippen LogP contribution < -0.4 is 9.64 Å². The Morgan fingerprint density at radius 1 is 1.19 bits per heavy atom. The highest BCUT2D eigenvalue weighted by Gasteiger charge is 2.31. The van der Waals surface area contributed by atoms with E-state index in [0.29, 0.717) is 64.2 Å². The molecule has 0 radical (unpaired) electrons. The van der Waals surface area contributed by atoms with Crippen molar-refractivity contribution in [3.63, 3.8) is 0 Å². The van der Waals surface area contributed by atoms with Crippen molar-refractivity contribution in [2.75, 3.05) is 44.7 Å². The average Bonchev–Trinajstić information content (AvgIpc) is 3.59. The number of nitrogens with zero attached hydrogens (tertiary/aromatic N) is 6. The van der Waals surface area contributed by atoms with Gasteiger partial charge in [0.1, 0.15) is 18.2 Å². The van der Waals surface area contributed by atoms with Crippen LogP contribution in [-0.4, -0.2) is 77.6 Å². The normalized spacial score (nSPS) is 19.4. The van der Waals surface area contributed by atoms with Gasteiger partial charge in [-0.05, 0) is 56.1 Å². The molecule has 2 aromatic heterocycles. The second-order valence-corrected chi connectivity index (χ2v) is 11.7. The Labute approximate surface area is 246 Å². The van der Waals surface area contributed by atoms with Crippen LogP contribution in [0.25, 0.3) is 32.1 Å². The summed E-state index contributed by atoms with van der Waals surface area (Å²) in [6, 6.07) is 12.1. The Bertz CT molecular complexity index is 1720. The lowest BCUT2D eigenvalue weighted by Gasteiger charge is -2.41. The van der Waals surface area contributed by atoms with Gasteiger partial charge in [0.2, 0.25) is 5.91 Å². The average molecular weight is 589 g/mol. The summed E-state index contributed by atoms with van der Waals surface area (Å²) >= 11 is 0.979. The third-order valence-corrected chi connectivity index (χ3v) is 9.16. The van der Waals surface area contributed by atoms with Crippen LogP contribution in [0.2, 0.25) is 0 Å². The second kappa shape index (κ2) is 11.6. The molecule has 42 heavy (non-hydrogen) atoms. The van der Waals surface area contributed by atoms with E-state index in [1.165, 1.54) is 18.2 Å². The van der Waals surface area contributed by atoms with Gasteiger partial charge in [0.25, 0.3) is 0 Å². The lowest BCUT2D eigenvalue weighted by atomic mass is 10.0. The number of likely N-dealkylation sites (N-methyl/N-ethyl adjacent to an activating group) is 1. The maximum atomic E-state index is 15.9. The molecule has 0 unspecified atom stereocenters. The summed E-state index contributed by atoms with van der Waals surface area (Å²) in [7, 11) is 2.07. The summed E-state index contributed by atoms with van der Waals surface area (Å²) in [6.07, 6.45) is 3.50. The molecule has 8 nitrogen and oxygen atoms in total. The number of benzene rings is 2. The number of amides is 1. The Kier molecular flexibility index (Phi) is 7.75. The summed E-state index contributed by atoms with van der Waals surface area (Å²) < 4.78 is 36.8. The van der Waals surface area contributed by atoms with E-state index >= 15 is 4.39 Å². The molecule has 216 valence electrons. The molecular weight excluding hydrogens is 558 g/mol. The molecule has 0 saturated carbocycles. The SMILES string of the molecule is C=CC(=O)N1CCN(c2nc(OC[C@@H]3CCCN3C)nc3cc(-c4cccc5cc(F)sc45)c(F)cc23)C[C@@H]1CC#N. The van der Waals surface area contributed by atoms with Gasteiger partial charge < -0.3 is 19.4 Å². The number of fused-ring (bicyclic) bond motifs is 2. The first-order valence-corrected chi connectivity index (χ1v) is 14.8. The number of halogens is 2. The Balaban J connectivity index is 1.44. The molecule has 2 atom stereocenters. The maximum absolute atomic E-state index is 15.9. The Morgan fingerprint density at radius 2 is 2.05 bits per heavy atom. The molecule has 11 heteroatoms. The van der Waals surface area contributed by atoms with Gasteiger partial charge in [0.05, 0.1) is 24.0 Å². The van der Waals surface area contributed by atoms with Crippen molar-refractivity contribution in [1.29, 1.82) is 5.26 Å². The number of hydrogen-bond acceptors (Lipinski definition) is 8. The molecule has 2 aromatic carbocycles. The van der Waals surface area contributed by atoms with Crippen LogP contribution in [-0.2, 0) is 4.79 Å². The highest BCUT2D eigenvalue weighted by atomic mass is 32.1. The minimum atomic E-state index is -0.482. The van der Waals surface area contributed by atoms with E-state index < -0.39 is 5.82 Å². The lowest BCUT2D eigenvalue weighted by Crippen LogP contribution is -2.55. The van der Waals surface area contributed by atoms with E-state index in [9.17, 15) is 14.4 Å². The summed E-state index contributed by atoms with van der Waals surface area (Å²) in [5, 5.41) is 10.3. The molecule has 0 aliphatic carbocycles. The van der Waals surface area contributed by atoms with E-state index in [-0.39, 0.29) is 35.6 Å². The van der Waals surface area contributed by atoms with Crippen LogP contribution in [0, 0.1) is 22.3 Å². The van der Waals surface area contributed by atoms with E-state index in [1.807, 2.05) is 4.90 Å². The Morgan fingerprint density at radius 3 is 2.81 bits per heavy atom. The fourth-order valence-corrected chi connectivity index (χ4v) is 6.88. The number of aromatic nitrogens is 2. The molecule has 2 saturated heterocycles. The zero-order chi connectivity index (χ0) is 29.4. The number of carbonyl (C=O) groups excluding carboxylic acids is 1. The van der Waals surface area contributed by atoms with Crippen molar-refractivity contribution >= 4 is 44.1 Å². The minimum absolute atomic E-state index is 0.135. The number of piperazine rings is 1. The standard InChI is InChI=1S/C31H30F2N6O2S/c1-3-28(40)39-13-12-38(17-20(39)9-10-34)30-24-15-25(32)23(22-8-4-6-19-14-27(33)42-29(19)22)16-26(24)35-31(36-30)41-18-21-7-5-11-37(21)2/h3-4,6,8,14-16,20-21H,1,5,7,9,11-13,17-18H2,2H3/t20-,21-/m0/s1. The largest absolute Gasteiger partial charge is 0.462 e. The van der Waals surface area contributed by atoms with Gasteiger partial charge in [0.15, 0.2) is 5.13 Å². The number of nitriles is 1. The summed E-state index contributed by atoms with van der Waals surface area (Å²) in [4.78, 5) is 27.8. The number of hydrogen-bond donors (Lipinski definition) is 0. The third-order valence-electron chi connectivity index (χ3n) is 8.19. The number of carbonyl (C=O) groups is 1.